The topological polar surface area (TPSA) is 106 Å². The summed E-state index contributed by atoms with van der Waals surface area (Å²) in [4.78, 5) is 27.7. The van der Waals surface area contributed by atoms with Crippen LogP contribution in [0.2, 0.25) is 0 Å². The van der Waals surface area contributed by atoms with Gasteiger partial charge in [-0.1, -0.05) is 35.9 Å². The highest BCUT2D eigenvalue weighted by Crippen LogP contribution is 2.36. The molecule has 8 heteroatoms. The van der Waals surface area contributed by atoms with Gasteiger partial charge in [0.2, 0.25) is 11.9 Å². The van der Waals surface area contributed by atoms with Gasteiger partial charge in [0.15, 0.2) is 5.82 Å². The largest absolute Gasteiger partial charge is 0.466 e. The van der Waals surface area contributed by atoms with Gasteiger partial charge in [0.05, 0.1) is 19.1 Å². The molecular weight excluding hydrogens is 392 g/mol. The van der Waals surface area contributed by atoms with Gasteiger partial charge in [0.25, 0.3) is 0 Å². The van der Waals surface area contributed by atoms with Crippen LogP contribution in [0.5, 0.6) is 0 Å². The third-order valence-corrected chi connectivity index (χ3v) is 5.25. The van der Waals surface area contributed by atoms with Crippen LogP contribution in [0.25, 0.3) is 0 Å². The lowest BCUT2D eigenvalue weighted by atomic mass is 9.90. The van der Waals surface area contributed by atoms with Crippen molar-refractivity contribution in [3.63, 3.8) is 0 Å². The molecule has 8 nitrogen and oxygen atoms in total. The van der Waals surface area contributed by atoms with E-state index in [4.69, 9.17) is 10.5 Å². The number of anilines is 4. The van der Waals surface area contributed by atoms with Gasteiger partial charge in [0.1, 0.15) is 0 Å². The van der Waals surface area contributed by atoms with Gasteiger partial charge in [-0.2, -0.15) is 15.0 Å². The van der Waals surface area contributed by atoms with Crippen LogP contribution in [0.1, 0.15) is 36.2 Å². The summed E-state index contributed by atoms with van der Waals surface area (Å²) in [6, 6.07) is 15.9. The maximum Gasteiger partial charge on any atom is 0.313 e. The summed E-state index contributed by atoms with van der Waals surface area (Å²) in [5.74, 6) is 0.694. The molecule has 0 saturated heterocycles. The Hall–Kier alpha value is -3.68. The number of carbonyl (C=O) groups excluding carboxylic acids is 1. The van der Waals surface area contributed by atoms with Crippen molar-refractivity contribution in [2.24, 2.45) is 0 Å². The Morgan fingerprint density at radius 3 is 2.71 bits per heavy atom. The van der Waals surface area contributed by atoms with E-state index in [1.54, 1.807) is 0 Å². The van der Waals surface area contributed by atoms with E-state index in [9.17, 15) is 4.79 Å². The second kappa shape index (κ2) is 8.99. The Balaban J connectivity index is 1.56. The summed E-state index contributed by atoms with van der Waals surface area (Å²) >= 11 is 0. The Morgan fingerprint density at radius 1 is 1.16 bits per heavy atom. The number of nitrogens with zero attached hydrogens (tertiary/aromatic N) is 4. The van der Waals surface area contributed by atoms with Crippen LogP contribution < -0.4 is 16.0 Å². The van der Waals surface area contributed by atoms with Crippen molar-refractivity contribution in [3.8, 4) is 0 Å². The van der Waals surface area contributed by atoms with Gasteiger partial charge < -0.3 is 20.7 Å². The first kappa shape index (κ1) is 20.6. The van der Waals surface area contributed by atoms with E-state index >= 15 is 0 Å². The average Bonchev–Trinajstić information content (AvgIpc) is 2.75. The molecule has 0 saturated carbocycles. The fraction of sp³-hybridized carbons (Fsp3) is 0.304. The first-order valence-electron chi connectivity index (χ1n) is 10.4. The first-order valence-corrected chi connectivity index (χ1v) is 10.4. The zero-order chi connectivity index (χ0) is 21.8. The molecule has 1 unspecified atom stereocenters. The van der Waals surface area contributed by atoms with E-state index in [0.29, 0.717) is 37.9 Å². The summed E-state index contributed by atoms with van der Waals surface area (Å²) in [5, 5.41) is 3.18. The summed E-state index contributed by atoms with van der Waals surface area (Å²) in [5.41, 5.74) is 9.95. The maximum atomic E-state index is 12.4. The van der Waals surface area contributed by atoms with E-state index in [0.717, 1.165) is 16.9 Å². The number of ether oxygens (including phenoxy) is 1. The van der Waals surface area contributed by atoms with Crippen LogP contribution in [0.15, 0.2) is 48.5 Å². The molecule has 0 spiro atoms. The Morgan fingerprint density at radius 2 is 1.94 bits per heavy atom. The Labute approximate surface area is 181 Å². The van der Waals surface area contributed by atoms with Crippen molar-refractivity contribution in [1.82, 2.24) is 15.0 Å². The summed E-state index contributed by atoms with van der Waals surface area (Å²) < 4.78 is 5.27. The number of hydrogen-bond acceptors (Lipinski definition) is 8. The maximum absolute atomic E-state index is 12.4. The number of para-hydroxylation sites is 1. The number of benzene rings is 2. The van der Waals surface area contributed by atoms with E-state index < -0.39 is 0 Å². The minimum Gasteiger partial charge on any atom is -0.466 e. The minimum atomic E-state index is -0.255. The highest BCUT2D eigenvalue weighted by atomic mass is 16.5. The van der Waals surface area contributed by atoms with Gasteiger partial charge in [-0.3, -0.25) is 4.79 Å². The van der Waals surface area contributed by atoms with Crippen LogP contribution in [-0.4, -0.2) is 34.1 Å². The van der Waals surface area contributed by atoms with Crippen molar-refractivity contribution in [3.05, 3.63) is 65.5 Å². The second-order valence-corrected chi connectivity index (χ2v) is 7.50. The van der Waals surface area contributed by atoms with Crippen LogP contribution in [0, 0.1) is 6.92 Å². The number of nitrogen functional groups attached to an aromatic ring is 1. The predicted molar refractivity (Wildman–Crippen MR) is 120 cm³/mol. The van der Waals surface area contributed by atoms with Crippen molar-refractivity contribution in [1.29, 1.82) is 0 Å². The van der Waals surface area contributed by atoms with E-state index in [1.165, 1.54) is 5.56 Å². The predicted octanol–water partition coefficient (Wildman–Crippen LogP) is 3.56. The van der Waals surface area contributed by atoms with Crippen LogP contribution in [0.3, 0.4) is 0 Å². The zero-order valence-corrected chi connectivity index (χ0v) is 17.7. The lowest BCUT2D eigenvalue weighted by molar-refractivity contribution is -0.145. The minimum absolute atomic E-state index is 0.161. The molecule has 4 rings (SSSR count). The molecule has 0 bridgehead atoms. The van der Waals surface area contributed by atoms with E-state index in [2.05, 4.69) is 25.2 Å². The average molecular weight is 419 g/mol. The number of rotatable bonds is 6. The lowest BCUT2D eigenvalue weighted by Crippen LogP contribution is -2.34. The summed E-state index contributed by atoms with van der Waals surface area (Å²) in [6.07, 6.45) is 0.672. The number of esters is 1. The third kappa shape index (κ3) is 4.74. The van der Waals surface area contributed by atoms with Gasteiger partial charge in [-0.15, -0.1) is 0 Å². The Kier molecular flexibility index (Phi) is 5.97. The number of aromatic nitrogens is 3. The normalized spacial score (nSPS) is 15.3. The molecule has 0 radical (unpaired) electrons. The molecule has 2 heterocycles. The van der Waals surface area contributed by atoms with Gasteiger partial charge in [-0.05, 0) is 44.0 Å². The molecule has 0 amide bonds. The monoisotopic (exact) mass is 418 g/mol. The van der Waals surface area contributed by atoms with E-state index in [1.807, 2.05) is 62.4 Å². The second-order valence-electron chi connectivity index (χ2n) is 7.50. The molecule has 0 aliphatic carbocycles. The molecule has 1 aliphatic heterocycles. The van der Waals surface area contributed by atoms with Gasteiger partial charge in [0, 0.05) is 17.9 Å². The molecular formula is C23H26N6O2. The van der Waals surface area contributed by atoms with Gasteiger partial charge >= 0.3 is 5.97 Å². The van der Waals surface area contributed by atoms with Crippen molar-refractivity contribution in [2.75, 3.05) is 29.1 Å². The lowest BCUT2D eigenvalue weighted by Gasteiger charge is -2.34. The number of nitrogens with one attached hydrogen (secondary N) is 1. The number of hydrogen-bond donors (Lipinski definition) is 2. The standard InChI is InChI=1S/C23H26N6O2/c1-3-31-21(30)18-12-13-29(19-7-5-4-6-17(18)19)14-20-26-22(24)28-23(27-20)25-16-10-8-15(2)9-11-16/h4-11,18H,3,12-14H2,1-2H3,(H3,24,25,26,27,28). The highest BCUT2D eigenvalue weighted by molar-refractivity contribution is 5.82. The Bertz CT molecular complexity index is 1070. The molecule has 1 aliphatic rings. The number of nitrogens with two attached hydrogens (primary N) is 1. The van der Waals surface area contributed by atoms with Crippen molar-refractivity contribution < 1.29 is 9.53 Å². The molecule has 0 fully saturated rings. The SMILES string of the molecule is CCOC(=O)C1CCN(Cc2nc(N)nc(Nc3ccc(C)cc3)n2)c2ccccc21. The molecule has 3 N–H and O–H groups in total. The molecule has 31 heavy (non-hydrogen) atoms. The molecule has 160 valence electrons. The summed E-state index contributed by atoms with van der Waals surface area (Å²) in [6.45, 7) is 5.38. The number of fused-ring (bicyclic) bond motifs is 1. The quantitative estimate of drug-likeness (QED) is 0.585. The fourth-order valence-corrected chi connectivity index (χ4v) is 3.78. The molecule has 2 aromatic carbocycles. The molecule has 3 aromatic rings. The molecule has 1 aromatic heterocycles. The number of aryl methyl sites for hydroxylation is 1. The molecule has 1 atom stereocenters. The van der Waals surface area contributed by atoms with Gasteiger partial charge in [-0.25, -0.2) is 0 Å². The fourth-order valence-electron chi connectivity index (χ4n) is 3.78. The number of carbonyl (C=O) groups is 1. The highest BCUT2D eigenvalue weighted by Gasteiger charge is 2.31. The summed E-state index contributed by atoms with van der Waals surface area (Å²) in [7, 11) is 0. The smallest absolute Gasteiger partial charge is 0.313 e. The first-order chi connectivity index (χ1) is 15.0. The van der Waals surface area contributed by atoms with Crippen LogP contribution in [0.4, 0.5) is 23.3 Å². The zero-order valence-electron chi connectivity index (χ0n) is 17.7. The van der Waals surface area contributed by atoms with Crippen molar-refractivity contribution in [2.45, 2.75) is 32.7 Å². The third-order valence-electron chi connectivity index (χ3n) is 5.25. The van der Waals surface area contributed by atoms with Crippen molar-refractivity contribution >= 4 is 29.2 Å². The van der Waals surface area contributed by atoms with E-state index in [-0.39, 0.29) is 17.8 Å². The van der Waals surface area contributed by atoms with Crippen LogP contribution in [-0.2, 0) is 16.1 Å². The van der Waals surface area contributed by atoms with Crippen LogP contribution >= 0.6 is 0 Å².